The summed E-state index contributed by atoms with van der Waals surface area (Å²) in [6, 6.07) is 0. The molecule has 0 bridgehead atoms. The molecule has 17 heavy (non-hydrogen) atoms. The fourth-order valence-corrected chi connectivity index (χ4v) is 3.91. The van der Waals surface area contributed by atoms with Crippen molar-refractivity contribution >= 4 is 17.7 Å². The van der Waals surface area contributed by atoms with E-state index in [1.807, 2.05) is 0 Å². The molecular formula is C13H24N2OS. The number of hydrogen-bond acceptors (Lipinski definition) is 3. The van der Waals surface area contributed by atoms with Crippen molar-refractivity contribution < 1.29 is 4.79 Å². The first-order valence-electron chi connectivity index (χ1n) is 6.71. The second kappa shape index (κ2) is 5.61. The van der Waals surface area contributed by atoms with Gasteiger partial charge in [0.2, 0.25) is 5.91 Å². The molecule has 98 valence electrons. The Kier molecular flexibility index (Phi) is 4.36. The van der Waals surface area contributed by atoms with Crippen molar-refractivity contribution in [2.24, 2.45) is 5.41 Å². The summed E-state index contributed by atoms with van der Waals surface area (Å²) in [7, 11) is 0. The van der Waals surface area contributed by atoms with Crippen molar-refractivity contribution in [3.63, 3.8) is 0 Å². The molecule has 1 N–H and O–H groups in total. The van der Waals surface area contributed by atoms with Crippen molar-refractivity contribution in [3.8, 4) is 0 Å². The minimum Gasteiger partial charge on any atom is -0.340 e. The van der Waals surface area contributed by atoms with Crippen LogP contribution < -0.4 is 5.32 Å². The SMILES string of the molecule is CC1(C)CNCCN(CC2CCCCS2)C1=O. The highest BCUT2D eigenvalue weighted by Gasteiger charge is 2.34. The summed E-state index contributed by atoms with van der Waals surface area (Å²) in [6.45, 7) is 7.67. The Morgan fingerprint density at radius 1 is 1.47 bits per heavy atom. The molecule has 0 spiro atoms. The molecule has 2 aliphatic heterocycles. The third-order valence-electron chi connectivity index (χ3n) is 3.69. The van der Waals surface area contributed by atoms with Crippen LogP contribution in [0.2, 0.25) is 0 Å². The van der Waals surface area contributed by atoms with Crippen molar-refractivity contribution in [2.75, 3.05) is 31.9 Å². The Hall–Kier alpha value is -0.220. The second-order valence-corrected chi connectivity index (χ2v) is 7.21. The van der Waals surface area contributed by atoms with Crippen LogP contribution in [0.15, 0.2) is 0 Å². The van der Waals surface area contributed by atoms with Crippen LogP contribution in [0.25, 0.3) is 0 Å². The summed E-state index contributed by atoms with van der Waals surface area (Å²) in [5.41, 5.74) is -0.240. The third kappa shape index (κ3) is 3.38. The molecule has 2 rings (SSSR count). The van der Waals surface area contributed by atoms with Crippen LogP contribution in [0.3, 0.4) is 0 Å². The molecule has 1 atom stereocenters. The first-order valence-corrected chi connectivity index (χ1v) is 7.76. The molecule has 2 saturated heterocycles. The lowest BCUT2D eigenvalue weighted by molar-refractivity contribution is -0.138. The molecule has 0 aromatic heterocycles. The maximum absolute atomic E-state index is 12.4. The summed E-state index contributed by atoms with van der Waals surface area (Å²) < 4.78 is 0. The van der Waals surface area contributed by atoms with Gasteiger partial charge in [-0.2, -0.15) is 11.8 Å². The normalized spacial score (nSPS) is 30.1. The van der Waals surface area contributed by atoms with Crippen LogP contribution in [0.5, 0.6) is 0 Å². The smallest absolute Gasteiger partial charge is 0.229 e. The van der Waals surface area contributed by atoms with E-state index < -0.39 is 0 Å². The van der Waals surface area contributed by atoms with E-state index in [4.69, 9.17) is 0 Å². The Morgan fingerprint density at radius 2 is 2.29 bits per heavy atom. The lowest BCUT2D eigenvalue weighted by Gasteiger charge is -2.32. The Balaban J connectivity index is 1.95. The van der Waals surface area contributed by atoms with Gasteiger partial charge in [0.15, 0.2) is 0 Å². The van der Waals surface area contributed by atoms with Gasteiger partial charge in [0.25, 0.3) is 0 Å². The van der Waals surface area contributed by atoms with Gasteiger partial charge in [-0.25, -0.2) is 0 Å². The van der Waals surface area contributed by atoms with E-state index in [0.29, 0.717) is 11.2 Å². The van der Waals surface area contributed by atoms with Crippen molar-refractivity contribution in [1.82, 2.24) is 10.2 Å². The van der Waals surface area contributed by atoms with Crippen molar-refractivity contribution in [1.29, 1.82) is 0 Å². The molecule has 2 aliphatic rings. The standard InChI is InChI=1S/C13H24N2OS/c1-13(2)10-14-6-7-15(12(13)16)9-11-5-3-4-8-17-11/h11,14H,3-10H2,1-2H3. The highest BCUT2D eigenvalue weighted by Crippen LogP contribution is 2.27. The van der Waals surface area contributed by atoms with Crippen molar-refractivity contribution in [2.45, 2.75) is 38.4 Å². The first kappa shape index (κ1) is 13.2. The topological polar surface area (TPSA) is 32.3 Å². The largest absolute Gasteiger partial charge is 0.340 e. The number of amides is 1. The van der Waals surface area contributed by atoms with Gasteiger partial charge in [-0.15, -0.1) is 0 Å². The average molecular weight is 256 g/mol. The number of nitrogens with one attached hydrogen (secondary N) is 1. The minimum absolute atomic E-state index is 0.240. The molecule has 0 saturated carbocycles. The van der Waals surface area contributed by atoms with E-state index in [-0.39, 0.29) is 5.41 Å². The molecule has 2 heterocycles. The summed E-state index contributed by atoms with van der Waals surface area (Å²) in [6.07, 6.45) is 3.96. The monoisotopic (exact) mass is 256 g/mol. The van der Waals surface area contributed by atoms with Crippen molar-refractivity contribution in [3.05, 3.63) is 0 Å². The van der Waals surface area contributed by atoms with Crippen LogP contribution in [0.4, 0.5) is 0 Å². The van der Waals surface area contributed by atoms with E-state index >= 15 is 0 Å². The minimum atomic E-state index is -0.240. The molecule has 3 nitrogen and oxygen atoms in total. The fraction of sp³-hybridized carbons (Fsp3) is 0.923. The van der Waals surface area contributed by atoms with Gasteiger partial charge in [0.1, 0.15) is 0 Å². The zero-order valence-electron chi connectivity index (χ0n) is 11.0. The molecule has 0 aromatic rings. The van der Waals surface area contributed by atoms with Crippen LogP contribution in [0, 0.1) is 5.41 Å². The summed E-state index contributed by atoms with van der Waals surface area (Å²) in [5.74, 6) is 1.60. The highest BCUT2D eigenvalue weighted by atomic mass is 32.2. The van der Waals surface area contributed by atoms with Gasteiger partial charge in [-0.3, -0.25) is 4.79 Å². The summed E-state index contributed by atoms with van der Waals surface area (Å²) in [5, 5.41) is 4.03. The maximum atomic E-state index is 12.4. The molecule has 4 heteroatoms. The number of rotatable bonds is 2. The number of thioether (sulfide) groups is 1. The Morgan fingerprint density at radius 3 is 3.00 bits per heavy atom. The predicted molar refractivity (Wildman–Crippen MR) is 73.3 cm³/mol. The van der Waals surface area contributed by atoms with Gasteiger partial charge < -0.3 is 10.2 Å². The first-order chi connectivity index (χ1) is 8.09. The zero-order chi connectivity index (χ0) is 12.3. The molecule has 0 aromatic carbocycles. The average Bonchev–Trinajstić information content (AvgIpc) is 2.44. The quantitative estimate of drug-likeness (QED) is 0.816. The number of nitrogens with zero attached hydrogens (tertiary/aromatic N) is 1. The van der Waals surface area contributed by atoms with Crippen LogP contribution >= 0.6 is 11.8 Å². The third-order valence-corrected chi connectivity index (χ3v) is 5.07. The number of carbonyl (C=O) groups excluding carboxylic acids is 1. The number of carbonyl (C=O) groups is 1. The maximum Gasteiger partial charge on any atom is 0.229 e. The molecule has 2 fully saturated rings. The van der Waals surface area contributed by atoms with Gasteiger partial charge >= 0.3 is 0 Å². The molecule has 0 radical (unpaired) electrons. The van der Waals surface area contributed by atoms with Crippen LogP contribution in [0.1, 0.15) is 33.1 Å². The highest BCUT2D eigenvalue weighted by molar-refractivity contribution is 7.99. The molecule has 1 unspecified atom stereocenters. The van der Waals surface area contributed by atoms with Gasteiger partial charge in [0.05, 0.1) is 5.41 Å². The van der Waals surface area contributed by atoms with Crippen LogP contribution in [-0.2, 0) is 4.79 Å². The van der Waals surface area contributed by atoms with Crippen LogP contribution in [-0.4, -0.2) is 48.0 Å². The summed E-state index contributed by atoms with van der Waals surface area (Å²) >= 11 is 2.05. The van der Waals surface area contributed by atoms with E-state index in [0.717, 1.165) is 26.2 Å². The second-order valence-electron chi connectivity index (χ2n) is 5.80. The number of hydrogen-bond donors (Lipinski definition) is 1. The fourth-order valence-electron chi connectivity index (χ4n) is 2.59. The van der Waals surface area contributed by atoms with Gasteiger partial charge in [-0.05, 0) is 32.4 Å². The van der Waals surface area contributed by atoms with E-state index in [9.17, 15) is 4.79 Å². The van der Waals surface area contributed by atoms with E-state index in [2.05, 4.69) is 35.8 Å². The van der Waals surface area contributed by atoms with E-state index in [1.54, 1.807) is 0 Å². The van der Waals surface area contributed by atoms with Gasteiger partial charge in [-0.1, -0.05) is 6.42 Å². The summed E-state index contributed by atoms with van der Waals surface area (Å²) in [4.78, 5) is 14.5. The Labute approximate surface area is 109 Å². The van der Waals surface area contributed by atoms with Gasteiger partial charge in [0, 0.05) is 31.4 Å². The lowest BCUT2D eigenvalue weighted by atomic mass is 9.92. The Bertz CT molecular complexity index is 275. The lowest BCUT2D eigenvalue weighted by Crippen LogP contribution is -2.44. The molecular weight excluding hydrogens is 232 g/mol. The van der Waals surface area contributed by atoms with E-state index in [1.165, 1.54) is 25.0 Å². The zero-order valence-corrected chi connectivity index (χ0v) is 11.8. The predicted octanol–water partition coefficient (Wildman–Crippen LogP) is 1.73. The molecule has 0 aliphatic carbocycles. The molecule has 1 amide bonds.